The molecule has 0 N–H and O–H groups in total. The lowest BCUT2D eigenvalue weighted by Gasteiger charge is -2.09. The van der Waals surface area contributed by atoms with Crippen LogP contribution >= 0.6 is 11.6 Å². The molecule has 1 saturated carbocycles. The van der Waals surface area contributed by atoms with Crippen LogP contribution in [0.4, 0.5) is 0 Å². The Labute approximate surface area is 154 Å². The lowest BCUT2D eigenvalue weighted by Crippen LogP contribution is -2.19. The van der Waals surface area contributed by atoms with Crippen molar-refractivity contribution in [3.8, 4) is 17.6 Å². The molecule has 3 rings (SSSR count). The number of ether oxygens (including phenoxy) is 2. The van der Waals surface area contributed by atoms with Gasteiger partial charge in [0.05, 0.1) is 24.0 Å². The van der Waals surface area contributed by atoms with Gasteiger partial charge in [0.25, 0.3) is 10.0 Å². The molecule has 0 saturated heterocycles. The molecule has 1 heterocycles. The molecular weight excluding hydrogens is 382 g/mol. The van der Waals surface area contributed by atoms with Crippen LogP contribution in [-0.2, 0) is 14.8 Å². The van der Waals surface area contributed by atoms with Gasteiger partial charge in [-0.2, -0.15) is 10.4 Å². The van der Waals surface area contributed by atoms with Crippen molar-refractivity contribution < 1.29 is 22.7 Å². The van der Waals surface area contributed by atoms with E-state index in [0.717, 1.165) is 26.2 Å². The van der Waals surface area contributed by atoms with Gasteiger partial charge in [0.15, 0.2) is 5.75 Å². The van der Waals surface area contributed by atoms with Gasteiger partial charge in [0, 0.05) is 12.0 Å². The summed E-state index contributed by atoms with van der Waals surface area (Å²) in [4.78, 5) is 12.2. The van der Waals surface area contributed by atoms with Crippen molar-refractivity contribution in [2.75, 3.05) is 13.4 Å². The summed E-state index contributed by atoms with van der Waals surface area (Å²) in [7, 11) is -2.71. The number of aromatic nitrogens is 2. The van der Waals surface area contributed by atoms with E-state index in [2.05, 4.69) is 5.10 Å². The Bertz CT molecular complexity index is 1030. The van der Waals surface area contributed by atoms with Gasteiger partial charge in [-0.25, -0.2) is 13.2 Å². The normalized spacial score (nSPS) is 13.9. The van der Waals surface area contributed by atoms with Crippen LogP contribution in [0.5, 0.6) is 11.5 Å². The van der Waals surface area contributed by atoms with Crippen molar-refractivity contribution in [3.63, 3.8) is 0 Å². The third-order valence-electron chi connectivity index (χ3n) is 3.78. The summed E-state index contributed by atoms with van der Waals surface area (Å²) in [6.07, 6.45) is 2.56. The Morgan fingerprint density at radius 2 is 2.12 bits per heavy atom. The number of carbonyl (C=O) groups is 1. The first-order chi connectivity index (χ1) is 12.3. The maximum absolute atomic E-state index is 12.2. The van der Waals surface area contributed by atoms with Crippen LogP contribution in [0.1, 0.15) is 40.5 Å². The first-order valence-electron chi connectivity index (χ1n) is 7.55. The predicted molar refractivity (Wildman–Crippen MR) is 92.0 cm³/mol. The number of benzene rings is 1. The fourth-order valence-electron chi connectivity index (χ4n) is 2.40. The van der Waals surface area contributed by atoms with Gasteiger partial charge < -0.3 is 9.47 Å². The zero-order valence-electron chi connectivity index (χ0n) is 13.9. The lowest BCUT2D eigenvalue weighted by atomic mass is 10.2. The molecule has 1 fully saturated rings. The van der Waals surface area contributed by atoms with Crippen LogP contribution in [0.25, 0.3) is 0 Å². The summed E-state index contributed by atoms with van der Waals surface area (Å²) in [5.74, 6) is -0.616. The topological polar surface area (TPSA) is 111 Å². The van der Waals surface area contributed by atoms with Gasteiger partial charge in [-0.05, 0) is 25.0 Å². The number of rotatable bonds is 5. The maximum Gasteiger partial charge on any atom is 0.361 e. The van der Waals surface area contributed by atoms with Gasteiger partial charge in [0.1, 0.15) is 17.5 Å². The molecule has 0 unspecified atom stereocenters. The van der Waals surface area contributed by atoms with Gasteiger partial charge in [0.2, 0.25) is 5.69 Å². The van der Waals surface area contributed by atoms with E-state index in [9.17, 15) is 13.2 Å². The van der Waals surface area contributed by atoms with Crippen LogP contribution in [0, 0.1) is 11.3 Å². The van der Waals surface area contributed by atoms with Crippen molar-refractivity contribution in [2.45, 2.75) is 18.8 Å². The molecule has 26 heavy (non-hydrogen) atoms. The SMILES string of the molecule is COC(=O)c1c(Oc2ccc(C#N)c(Cl)c2)c(C2CC2)nn1S(C)(=O)=O. The van der Waals surface area contributed by atoms with Crippen LogP contribution in [0.3, 0.4) is 0 Å². The number of hydrogen-bond acceptors (Lipinski definition) is 7. The zero-order valence-corrected chi connectivity index (χ0v) is 15.5. The minimum absolute atomic E-state index is 0.00487. The lowest BCUT2D eigenvalue weighted by molar-refractivity contribution is 0.0589. The highest BCUT2D eigenvalue weighted by Crippen LogP contribution is 2.46. The van der Waals surface area contributed by atoms with E-state index >= 15 is 0 Å². The second-order valence-corrected chi connectivity index (χ2v) is 8.01. The van der Waals surface area contributed by atoms with Gasteiger partial charge in [-0.3, -0.25) is 0 Å². The first kappa shape index (κ1) is 18.2. The van der Waals surface area contributed by atoms with E-state index in [4.69, 9.17) is 26.3 Å². The molecule has 2 aromatic rings. The van der Waals surface area contributed by atoms with E-state index in [0.29, 0.717) is 9.78 Å². The average Bonchev–Trinajstić information content (AvgIpc) is 3.35. The highest BCUT2D eigenvalue weighted by molar-refractivity contribution is 7.89. The van der Waals surface area contributed by atoms with Crippen LogP contribution in [0.2, 0.25) is 5.02 Å². The summed E-state index contributed by atoms with van der Waals surface area (Å²) in [5.41, 5.74) is 0.329. The largest absolute Gasteiger partial charge is 0.464 e. The number of hydrogen-bond donors (Lipinski definition) is 0. The summed E-state index contributed by atoms with van der Waals surface area (Å²) < 4.78 is 35.2. The molecule has 136 valence electrons. The van der Waals surface area contributed by atoms with Crippen molar-refractivity contribution in [3.05, 3.63) is 40.2 Å². The predicted octanol–water partition coefficient (Wildman–Crippen LogP) is 2.67. The summed E-state index contributed by atoms with van der Waals surface area (Å²) in [5, 5.41) is 13.2. The van der Waals surface area contributed by atoms with Crippen molar-refractivity contribution >= 4 is 27.6 Å². The molecule has 1 aromatic carbocycles. The molecule has 1 aliphatic carbocycles. The van der Waals surface area contributed by atoms with E-state index in [1.165, 1.54) is 18.2 Å². The Morgan fingerprint density at radius 3 is 2.62 bits per heavy atom. The minimum atomic E-state index is -3.85. The highest BCUT2D eigenvalue weighted by Gasteiger charge is 2.37. The van der Waals surface area contributed by atoms with E-state index in [-0.39, 0.29) is 33.7 Å². The average molecular weight is 396 g/mol. The van der Waals surface area contributed by atoms with Gasteiger partial charge in [-0.1, -0.05) is 11.6 Å². The van der Waals surface area contributed by atoms with Crippen molar-refractivity contribution in [1.29, 1.82) is 5.26 Å². The Kier molecular flexibility index (Phi) is 4.64. The molecule has 8 nitrogen and oxygen atoms in total. The molecular formula is C16H14ClN3O5S. The van der Waals surface area contributed by atoms with E-state index in [1.807, 2.05) is 6.07 Å². The van der Waals surface area contributed by atoms with Gasteiger partial charge >= 0.3 is 5.97 Å². The Hall–Kier alpha value is -2.57. The second-order valence-electron chi connectivity index (χ2n) is 5.79. The number of halogens is 1. The molecule has 0 bridgehead atoms. The fourth-order valence-corrected chi connectivity index (χ4v) is 3.34. The van der Waals surface area contributed by atoms with Crippen LogP contribution in [0.15, 0.2) is 18.2 Å². The molecule has 10 heteroatoms. The zero-order chi connectivity index (χ0) is 19.1. The fraction of sp³-hybridized carbons (Fsp3) is 0.312. The summed E-state index contributed by atoms with van der Waals surface area (Å²) >= 11 is 6.01. The quantitative estimate of drug-likeness (QED) is 0.715. The number of esters is 1. The molecule has 0 spiro atoms. The molecule has 1 aromatic heterocycles. The highest BCUT2D eigenvalue weighted by atomic mass is 35.5. The number of carbonyl (C=O) groups excluding carboxylic acids is 1. The molecule has 0 atom stereocenters. The standard InChI is InChI=1S/C16H14ClN3O5S/c1-24-16(21)14-15(25-11-6-5-10(8-18)12(17)7-11)13(9-3-4-9)19-20(14)26(2,22)23/h5-7,9H,3-4H2,1-2H3. The molecule has 1 aliphatic rings. The Morgan fingerprint density at radius 1 is 1.42 bits per heavy atom. The summed E-state index contributed by atoms with van der Waals surface area (Å²) in [6, 6.07) is 6.31. The molecule has 0 amide bonds. The maximum atomic E-state index is 12.2. The van der Waals surface area contributed by atoms with Crippen molar-refractivity contribution in [2.24, 2.45) is 0 Å². The number of nitrogens with zero attached hydrogens (tertiary/aromatic N) is 3. The summed E-state index contributed by atoms with van der Waals surface area (Å²) in [6.45, 7) is 0. The molecule has 0 aliphatic heterocycles. The first-order valence-corrected chi connectivity index (χ1v) is 9.78. The van der Waals surface area contributed by atoms with Gasteiger partial charge in [-0.15, -0.1) is 4.09 Å². The number of nitriles is 1. The third kappa shape index (κ3) is 3.38. The number of methoxy groups -OCH3 is 1. The monoisotopic (exact) mass is 395 g/mol. The Balaban J connectivity index is 2.16. The smallest absolute Gasteiger partial charge is 0.361 e. The minimum Gasteiger partial charge on any atom is -0.464 e. The second kappa shape index (κ2) is 6.63. The van der Waals surface area contributed by atoms with Crippen molar-refractivity contribution in [1.82, 2.24) is 9.19 Å². The third-order valence-corrected chi connectivity index (χ3v) is 4.98. The molecule has 0 radical (unpaired) electrons. The van der Waals surface area contributed by atoms with Crippen LogP contribution < -0.4 is 4.74 Å². The van der Waals surface area contributed by atoms with E-state index < -0.39 is 16.0 Å². The van der Waals surface area contributed by atoms with Crippen LogP contribution in [-0.4, -0.2) is 36.9 Å². The van der Waals surface area contributed by atoms with E-state index in [1.54, 1.807) is 0 Å².